The van der Waals surface area contributed by atoms with Crippen molar-refractivity contribution in [1.82, 2.24) is 9.97 Å². The van der Waals surface area contributed by atoms with Gasteiger partial charge in [-0.05, 0) is 18.4 Å². The highest BCUT2D eigenvalue weighted by Crippen LogP contribution is 2.24. The first-order valence-electron chi connectivity index (χ1n) is 4.93. The zero-order chi connectivity index (χ0) is 11.5. The quantitative estimate of drug-likeness (QED) is 0.906. The van der Waals surface area contributed by atoms with Crippen LogP contribution in [0.5, 0.6) is 0 Å². The minimum atomic E-state index is -0.811. The van der Waals surface area contributed by atoms with Crippen molar-refractivity contribution in [3.05, 3.63) is 17.8 Å². The number of fused-ring (bicyclic) bond motifs is 1. The Morgan fingerprint density at radius 2 is 2.38 bits per heavy atom. The van der Waals surface area contributed by atoms with E-state index in [-0.39, 0.29) is 5.25 Å². The number of nitrogens with one attached hydrogen (secondary N) is 1. The summed E-state index contributed by atoms with van der Waals surface area (Å²) in [6.45, 7) is 2.61. The van der Waals surface area contributed by atoms with Gasteiger partial charge in [0.2, 0.25) is 0 Å². The molecule has 4 nitrogen and oxygen atoms in total. The van der Waals surface area contributed by atoms with Gasteiger partial charge in [-0.25, -0.2) is 9.97 Å². The van der Waals surface area contributed by atoms with Gasteiger partial charge in [-0.1, -0.05) is 0 Å². The van der Waals surface area contributed by atoms with Crippen LogP contribution in [0.15, 0.2) is 17.8 Å². The summed E-state index contributed by atoms with van der Waals surface area (Å²) in [6, 6.07) is 1.97. The molecular formula is C10H13N3OS2. The molecule has 0 aliphatic heterocycles. The lowest BCUT2D eigenvalue weighted by Gasteiger charge is -2.10. The molecule has 2 unspecified atom stereocenters. The van der Waals surface area contributed by atoms with Crippen LogP contribution in [0.1, 0.15) is 6.92 Å². The van der Waals surface area contributed by atoms with Crippen LogP contribution in [0.25, 0.3) is 10.2 Å². The topological polar surface area (TPSA) is 54.9 Å². The SMILES string of the molecule is CC(CNc1ncnc2ccsc12)S(C)=O. The van der Waals surface area contributed by atoms with Crippen molar-refractivity contribution in [1.29, 1.82) is 0 Å². The second-order valence-electron chi connectivity index (χ2n) is 3.55. The zero-order valence-corrected chi connectivity index (χ0v) is 10.8. The van der Waals surface area contributed by atoms with E-state index in [9.17, 15) is 4.21 Å². The summed E-state index contributed by atoms with van der Waals surface area (Å²) >= 11 is 1.61. The molecule has 0 saturated heterocycles. The molecule has 2 aromatic heterocycles. The van der Waals surface area contributed by atoms with E-state index in [4.69, 9.17) is 0 Å². The number of anilines is 1. The molecule has 86 valence electrons. The van der Waals surface area contributed by atoms with E-state index < -0.39 is 10.8 Å². The minimum absolute atomic E-state index is 0.116. The van der Waals surface area contributed by atoms with Gasteiger partial charge in [-0.3, -0.25) is 4.21 Å². The molecule has 1 N–H and O–H groups in total. The first-order chi connectivity index (χ1) is 7.68. The molecule has 0 radical (unpaired) electrons. The predicted molar refractivity (Wildman–Crippen MR) is 69.4 cm³/mol. The van der Waals surface area contributed by atoms with Crippen molar-refractivity contribution < 1.29 is 4.21 Å². The molecule has 6 heteroatoms. The molecule has 2 heterocycles. The minimum Gasteiger partial charge on any atom is -0.368 e. The molecule has 16 heavy (non-hydrogen) atoms. The molecule has 0 fully saturated rings. The summed E-state index contributed by atoms with van der Waals surface area (Å²) in [7, 11) is -0.811. The van der Waals surface area contributed by atoms with Gasteiger partial charge in [-0.15, -0.1) is 11.3 Å². The zero-order valence-electron chi connectivity index (χ0n) is 9.14. The molecule has 0 aliphatic carbocycles. The first-order valence-corrected chi connectivity index (χ1v) is 7.43. The fraction of sp³-hybridized carbons (Fsp3) is 0.400. The van der Waals surface area contributed by atoms with E-state index in [1.807, 2.05) is 18.4 Å². The molecule has 0 saturated carbocycles. The number of aromatic nitrogens is 2. The monoisotopic (exact) mass is 255 g/mol. The standard InChI is InChI=1S/C10H13N3OS2/c1-7(16(2)14)5-11-10-9-8(3-4-15-9)12-6-13-10/h3-4,6-7H,5H2,1-2H3,(H,11,12,13). The third-order valence-corrected chi connectivity index (χ3v) is 4.58. The van der Waals surface area contributed by atoms with E-state index in [1.165, 1.54) is 0 Å². The van der Waals surface area contributed by atoms with E-state index in [2.05, 4.69) is 15.3 Å². The van der Waals surface area contributed by atoms with Crippen molar-refractivity contribution in [3.63, 3.8) is 0 Å². The van der Waals surface area contributed by atoms with Gasteiger partial charge in [-0.2, -0.15) is 0 Å². The third-order valence-electron chi connectivity index (χ3n) is 2.37. The highest BCUT2D eigenvalue weighted by Gasteiger charge is 2.08. The second-order valence-corrected chi connectivity index (χ2v) is 6.27. The molecule has 0 aliphatic rings. The molecule has 2 atom stereocenters. The summed E-state index contributed by atoms with van der Waals surface area (Å²) in [5.74, 6) is 0.831. The van der Waals surface area contributed by atoms with E-state index in [0.29, 0.717) is 6.54 Å². The Bertz CT molecular complexity index is 511. The Morgan fingerprint density at radius 1 is 1.56 bits per heavy atom. The fourth-order valence-electron chi connectivity index (χ4n) is 1.27. The van der Waals surface area contributed by atoms with Crippen LogP contribution in [0, 0.1) is 0 Å². The first kappa shape index (κ1) is 11.5. The van der Waals surface area contributed by atoms with Gasteiger partial charge in [0.15, 0.2) is 0 Å². The maximum atomic E-state index is 11.2. The van der Waals surface area contributed by atoms with Gasteiger partial charge in [0.25, 0.3) is 0 Å². The van der Waals surface area contributed by atoms with Gasteiger partial charge in [0.1, 0.15) is 12.1 Å². The van der Waals surface area contributed by atoms with E-state index >= 15 is 0 Å². The molecule has 0 spiro atoms. The maximum Gasteiger partial charge on any atom is 0.147 e. The lowest BCUT2D eigenvalue weighted by molar-refractivity contribution is 0.679. The van der Waals surface area contributed by atoms with Crippen LogP contribution in [0.4, 0.5) is 5.82 Å². The fourth-order valence-corrected chi connectivity index (χ4v) is 2.40. The molecule has 2 rings (SSSR count). The summed E-state index contributed by atoms with van der Waals surface area (Å²) in [6.07, 6.45) is 3.26. The van der Waals surface area contributed by atoms with E-state index in [1.54, 1.807) is 23.9 Å². The molecule has 0 bridgehead atoms. The van der Waals surface area contributed by atoms with Crippen molar-refractivity contribution in [2.75, 3.05) is 18.1 Å². The predicted octanol–water partition coefficient (Wildman–Crippen LogP) is 1.87. The lowest BCUT2D eigenvalue weighted by Crippen LogP contribution is -2.21. The number of hydrogen-bond acceptors (Lipinski definition) is 5. The average molecular weight is 255 g/mol. The van der Waals surface area contributed by atoms with Crippen LogP contribution in [-0.4, -0.2) is 32.2 Å². The maximum absolute atomic E-state index is 11.2. The van der Waals surface area contributed by atoms with Crippen molar-refractivity contribution in [3.8, 4) is 0 Å². The third kappa shape index (κ3) is 2.38. The van der Waals surface area contributed by atoms with Gasteiger partial charge < -0.3 is 5.32 Å². The average Bonchev–Trinajstić information content (AvgIpc) is 2.73. The van der Waals surface area contributed by atoms with Crippen molar-refractivity contribution in [2.45, 2.75) is 12.2 Å². The molecule has 2 aromatic rings. The van der Waals surface area contributed by atoms with Crippen LogP contribution in [0.3, 0.4) is 0 Å². The Morgan fingerprint density at radius 3 is 3.12 bits per heavy atom. The largest absolute Gasteiger partial charge is 0.368 e. The number of hydrogen-bond donors (Lipinski definition) is 1. The lowest BCUT2D eigenvalue weighted by atomic mass is 10.4. The second kappa shape index (κ2) is 4.88. The van der Waals surface area contributed by atoms with Crippen LogP contribution < -0.4 is 5.32 Å². The van der Waals surface area contributed by atoms with Gasteiger partial charge in [0.05, 0.1) is 10.2 Å². The van der Waals surface area contributed by atoms with Crippen molar-refractivity contribution in [2.24, 2.45) is 0 Å². The summed E-state index contributed by atoms with van der Waals surface area (Å²) < 4.78 is 12.3. The van der Waals surface area contributed by atoms with Gasteiger partial charge >= 0.3 is 0 Å². The van der Waals surface area contributed by atoms with E-state index in [0.717, 1.165) is 16.0 Å². The Hall–Kier alpha value is -1.01. The highest BCUT2D eigenvalue weighted by atomic mass is 32.2. The number of rotatable bonds is 4. The smallest absolute Gasteiger partial charge is 0.147 e. The summed E-state index contributed by atoms with van der Waals surface area (Å²) in [5.41, 5.74) is 0.952. The van der Waals surface area contributed by atoms with Crippen molar-refractivity contribution >= 4 is 38.2 Å². The van der Waals surface area contributed by atoms with Gasteiger partial charge in [0, 0.05) is 28.9 Å². The molecule has 0 aromatic carbocycles. The number of nitrogens with zero attached hydrogens (tertiary/aromatic N) is 2. The number of thiophene rings is 1. The normalized spacial score (nSPS) is 14.9. The van der Waals surface area contributed by atoms with Crippen LogP contribution >= 0.6 is 11.3 Å². The van der Waals surface area contributed by atoms with Crippen LogP contribution in [0.2, 0.25) is 0 Å². The highest BCUT2D eigenvalue weighted by molar-refractivity contribution is 7.84. The Labute approximate surface area is 101 Å². The Balaban J connectivity index is 2.15. The summed E-state index contributed by atoms with van der Waals surface area (Å²) in [5, 5.41) is 5.33. The molecule has 0 amide bonds. The van der Waals surface area contributed by atoms with Crippen LogP contribution in [-0.2, 0) is 10.8 Å². The Kier molecular flexibility index (Phi) is 3.50. The summed E-state index contributed by atoms with van der Waals surface area (Å²) in [4.78, 5) is 8.36. The molecular weight excluding hydrogens is 242 g/mol.